The average molecular weight is 378 g/mol. The number of likely N-dealkylation sites (N-methyl/N-ethyl adjacent to an activating group) is 1. The summed E-state index contributed by atoms with van der Waals surface area (Å²) >= 11 is 3.39. The van der Waals surface area contributed by atoms with Crippen molar-refractivity contribution in [3.63, 3.8) is 0 Å². The van der Waals surface area contributed by atoms with Gasteiger partial charge in [0.15, 0.2) is 0 Å². The molecule has 2 N–H and O–H groups in total. The zero-order valence-corrected chi connectivity index (χ0v) is 14.7. The minimum Gasteiger partial charge on any atom is -0.495 e. The maximum absolute atomic E-state index is 12.1. The summed E-state index contributed by atoms with van der Waals surface area (Å²) < 4.78 is 10.7. The summed E-state index contributed by atoms with van der Waals surface area (Å²) in [6.07, 6.45) is 0. The van der Waals surface area contributed by atoms with Crippen molar-refractivity contribution in [1.82, 2.24) is 0 Å². The first-order valence-corrected chi connectivity index (χ1v) is 7.09. The van der Waals surface area contributed by atoms with Crippen LogP contribution in [0.3, 0.4) is 0 Å². The van der Waals surface area contributed by atoms with Gasteiger partial charge in [0, 0.05) is 27.3 Å². The molecule has 9 heteroatoms. The molecule has 0 fully saturated rings. The number of carbonyl (C=O) groups excluding carboxylic acids is 1. The van der Waals surface area contributed by atoms with Crippen molar-refractivity contribution in [1.29, 1.82) is 0 Å². The molecule has 0 radical (unpaired) electrons. The highest BCUT2D eigenvalue weighted by molar-refractivity contribution is 9.10. The Bertz CT molecular complexity index is 541. The van der Waals surface area contributed by atoms with E-state index in [9.17, 15) is 10.0 Å². The van der Waals surface area contributed by atoms with Gasteiger partial charge in [-0.2, -0.15) is 0 Å². The number of hydrogen-bond acceptors (Lipinski definition) is 7. The van der Waals surface area contributed by atoms with Gasteiger partial charge in [-0.1, -0.05) is 0 Å². The Balaban J connectivity index is 3.55. The number of amides is 1. The van der Waals surface area contributed by atoms with Crippen LogP contribution < -0.4 is 20.2 Å². The molecule has 0 aliphatic rings. The lowest BCUT2D eigenvalue weighted by molar-refractivity contribution is -0.121. The van der Waals surface area contributed by atoms with Gasteiger partial charge in [-0.05, 0) is 15.9 Å². The second kappa shape index (κ2) is 8.18. The van der Waals surface area contributed by atoms with E-state index in [-0.39, 0.29) is 18.2 Å². The topological polar surface area (TPSA) is 83.5 Å². The number of carbonyl (C=O) groups is 1. The fourth-order valence-corrected chi connectivity index (χ4v) is 2.55. The lowest BCUT2D eigenvalue weighted by Crippen LogP contribution is -2.32. The number of rotatable bonds is 7. The van der Waals surface area contributed by atoms with Crippen molar-refractivity contribution in [3.05, 3.63) is 10.5 Å². The largest absolute Gasteiger partial charge is 0.495 e. The summed E-state index contributed by atoms with van der Waals surface area (Å²) in [7, 11) is 7.48. The third-order valence-electron chi connectivity index (χ3n) is 3.02. The Morgan fingerprint density at radius 2 is 2.05 bits per heavy atom. The first-order chi connectivity index (χ1) is 10.4. The number of ether oxygens (including phenoxy) is 2. The monoisotopic (exact) mass is 377 g/mol. The van der Waals surface area contributed by atoms with Crippen LogP contribution in [0.4, 0.5) is 17.1 Å². The fraction of sp³-hybridized carbons (Fsp3) is 0.462. The van der Waals surface area contributed by atoms with Gasteiger partial charge < -0.3 is 19.7 Å². The number of hydrogen-bond donors (Lipinski definition) is 2. The summed E-state index contributed by atoms with van der Waals surface area (Å²) in [5.41, 5.74) is 1.14. The number of nitrogens with zero attached hydrogens (tertiary/aromatic N) is 2. The van der Waals surface area contributed by atoms with Gasteiger partial charge in [0.25, 0.3) is 5.91 Å². The molecule has 22 heavy (non-hydrogen) atoms. The summed E-state index contributed by atoms with van der Waals surface area (Å²) in [4.78, 5) is 18.3. The third-order valence-corrected chi connectivity index (χ3v) is 3.81. The van der Waals surface area contributed by atoms with Crippen molar-refractivity contribution in [3.8, 4) is 5.75 Å². The number of methoxy groups -OCH3 is 2. The van der Waals surface area contributed by atoms with E-state index in [0.717, 1.165) is 0 Å². The molecule has 0 aliphatic carbocycles. The van der Waals surface area contributed by atoms with Crippen molar-refractivity contribution < 1.29 is 24.3 Å². The molecule has 0 atom stereocenters. The molecule has 8 nitrogen and oxygen atoms in total. The van der Waals surface area contributed by atoms with Gasteiger partial charge in [-0.3, -0.25) is 14.8 Å². The smallest absolute Gasteiger partial charge is 0.252 e. The van der Waals surface area contributed by atoms with E-state index >= 15 is 0 Å². The molecular formula is C13H20BrN3O5. The molecule has 1 aromatic rings. The van der Waals surface area contributed by atoms with Crippen LogP contribution in [-0.2, 0) is 14.4 Å². The van der Waals surface area contributed by atoms with Crippen LogP contribution in [0.15, 0.2) is 10.5 Å². The molecule has 124 valence electrons. The molecule has 0 aliphatic heterocycles. The highest BCUT2D eigenvalue weighted by atomic mass is 79.9. The van der Waals surface area contributed by atoms with E-state index in [1.54, 1.807) is 20.2 Å². The van der Waals surface area contributed by atoms with Crippen molar-refractivity contribution in [2.75, 3.05) is 57.5 Å². The van der Waals surface area contributed by atoms with Gasteiger partial charge in [0.05, 0.1) is 30.1 Å². The number of benzene rings is 1. The predicted octanol–water partition coefficient (Wildman–Crippen LogP) is 1.87. The Hall–Kier alpha value is -1.55. The van der Waals surface area contributed by atoms with E-state index in [4.69, 9.17) is 14.3 Å². The third kappa shape index (κ3) is 3.61. The van der Waals surface area contributed by atoms with Gasteiger partial charge in [0.2, 0.25) is 0 Å². The number of anilines is 3. The van der Waals surface area contributed by atoms with Crippen molar-refractivity contribution in [2.24, 2.45) is 0 Å². The second-order valence-electron chi connectivity index (χ2n) is 4.23. The van der Waals surface area contributed by atoms with E-state index in [1.807, 2.05) is 0 Å². The van der Waals surface area contributed by atoms with Crippen LogP contribution in [0.2, 0.25) is 0 Å². The lowest BCUT2D eigenvalue weighted by Gasteiger charge is -2.27. The van der Waals surface area contributed by atoms with Crippen LogP contribution in [-0.4, -0.2) is 53.1 Å². The first kappa shape index (κ1) is 18.5. The van der Waals surface area contributed by atoms with E-state index < -0.39 is 0 Å². The van der Waals surface area contributed by atoms with Crippen molar-refractivity contribution >= 4 is 38.9 Å². The Kier molecular flexibility index (Phi) is 6.88. The Labute approximate surface area is 137 Å². The normalized spacial score (nSPS) is 10.3. The molecule has 0 aromatic heterocycles. The maximum atomic E-state index is 12.1. The van der Waals surface area contributed by atoms with Crippen LogP contribution >= 0.6 is 15.9 Å². The summed E-state index contributed by atoms with van der Waals surface area (Å²) in [6, 6.07) is 1.61. The molecule has 0 saturated carbocycles. The van der Waals surface area contributed by atoms with Crippen LogP contribution in [0.5, 0.6) is 5.75 Å². The SMILES string of the molecule is CNc1c(Br)c(OC)cc(N(C)C(=O)COC)c1N(O)OC. The second-order valence-corrected chi connectivity index (χ2v) is 5.02. The molecule has 0 spiro atoms. The molecule has 0 saturated heterocycles. The highest BCUT2D eigenvalue weighted by Crippen LogP contribution is 2.46. The number of halogens is 1. The van der Waals surface area contributed by atoms with E-state index in [2.05, 4.69) is 21.2 Å². The quantitative estimate of drug-likeness (QED) is 0.701. The van der Waals surface area contributed by atoms with E-state index in [1.165, 1.54) is 26.2 Å². The Morgan fingerprint density at radius 1 is 1.41 bits per heavy atom. The van der Waals surface area contributed by atoms with Crippen LogP contribution in [0.25, 0.3) is 0 Å². The predicted molar refractivity (Wildman–Crippen MR) is 86.8 cm³/mol. The molecule has 0 heterocycles. The minimum atomic E-state index is -0.292. The van der Waals surface area contributed by atoms with Crippen molar-refractivity contribution in [2.45, 2.75) is 0 Å². The van der Waals surface area contributed by atoms with Gasteiger partial charge >= 0.3 is 0 Å². The summed E-state index contributed by atoms with van der Waals surface area (Å²) in [6.45, 7) is -0.0956. The van der Waals surface area contributed by atoms with Gasteiger partial charge in [-0.15, -0.1) is 5.23 Å². The molecular weight excluding hydrogens is 358 g/mol. The maximum Gasteiger partial charge on any atom is 0.252 e. The molecule has 0 unspecified atom stereocenters. The average Bonchev–Trinajstić information content (AvgIpc) is 2.53. The van der Waals surface area contributed by atoms with E-state index in [0.29, 0.717) is 26.8 Å². The Morgan fingerprint density at radius 3 is 2.50 bits per heavy atom. The lowest BCUT2D eigenvalue weighted by atomic mass is 10.2. The number of nitrogens with one attached hydrogen (secondary N) is 1. The molecule has 1 amide bonds. The zero-order valence-electron chi connectivity index (χ0n) is 13.1. The first-order valence-electron chi connectivity index (χ1n) is 6.29. The van der Waals surface area contributed by atoms with Crippen LogP contribution in [0, 0.1) is 0 Å². The standard InChI is InChI=1S/C13H20BrN3O5/c1-15-12-11(14)9(21-4)6-8(13(12)17(19)22-5)16(2)10(18)7-20-3/h6,15,19H,7H2,1-5H3. The van der Waals surface area contributed by atoms with Gasteiger partial charge in [0.1, 0.15) is 18.0 Å². The van der Waals surface area contributed by atoms with Crippen LogP contribution in [0.1, 0.15) is 0 Å². The highest BCUT2D eigenvalue weighted by Gasteiger charge is 2.25. The summed E-state index contributed by atoms with van der Waals surface area (Å²) in [5.74, 6) is 0.198. The van der Waals surface area contributed by atoms with Gasteiger partial charge in [-0.25, -0.2) is 0 Å². The molecule has 0 bridgehead atoms. The molecule has 1 aromatic carbocycles. The summed E-state index contributed by atoms with van der Waals surface area (Å²) in [5, 5.41) is 13.5. The molecule has 1 rings (SSSR count). The zero-order chi connectivity index (χ0) is 16.9. The fourth-order valence-electron chi connectivity index (χ4n) is 1.88. The minimum absolute atomic E-state index is 0.0956.